The van der Waals surface area contributed by atoms with Crippen LogP contribution in [0.15, 0.2) is 48.5 Å². The van der Waals surface area contributed by atoms with E-state index in [1.54, 1.807) is 12.1 Å². The molecule has 0 spiro atoms. The van der Waals surface area contributed by atoms with Crippen molar-refractivity contribution < 1.29 is 13.9 Å². The SMILES string of the molecule is CC.Cc1ccc(CN(C(=O)OC(C)(C)C)c2ccc(F)cc2)cc1. The lowest BCUT2D eigenvalue weighted by Gasteiger charge is -2.27. The summed E-state index contributed by atoms with van der Waals surface area (Å²) in [7, 11) is 0. The maximum absolute atomic E-state index is 13.2. The zero-order chi connectivity index (χ0) is 19.0. The number of hydrogen-bond donors (Lipinski definition) is 0. The van der Waals surface area contributed by atoms with Crippen molar-refractivity contribution in [1.29, 1.82) is 0 Å². The van der Waals surface area contributed by atoms with Crippen molar-refractivity contribution in [3.63, 3.8) is 0 Å². The number of carbonyl (C=O) groups is 1. The van der Waals surface area contributed by atoms with Gasteiger partial charge in [0, 0.05) is 5.69 Å². The predicted octanol–water partition coefficient (Wildman–Crippen LogP) is 6.10. The minimum Gasteiger partial charge on any atom is -0.443 e. The summed E-state index contributed by atoms with van der Waals surface area (Å²) in [4.78, 5) is 14.0. The van der Waals surface area contributed by atoms with Gasteiger partial charge in [0.1, 0.15) is 11.4 Å². The second kappa shape index (κ2) is 9.21. The molecule has 25 heavy (non-hydrogen) atoms. The average Bonchev–Trinajstić information content (AvgIpc) is 2.55. The molecule has 3 nitrogen and oxygen atoms in total. The Morgan fingerprint density at radius 3 is 2.00 bits per heavy atom. The van der Waals surface area contributed by atoms with Crippen molar-refractivity contribution >= 4 is 11.8 Å². The van der Waals surface area contributed by atoms with E-state index in [0.717, 1.165) is 11.1 Å². The lowest BCUT2D eigenvalue weighted by molar-refractivity contribution is 0.0577. The van der Waals surface area contributed by atoms with Crippen molar-refractivity contribution in [3.05, 3.63) is 65.5 Å². The van der Waals surface area contributed by atoms with Gasteiger partial charge in [-0.15, -0.1) is 0 Å². The van der Waals surface area contributed by atoms with Gasteiger partial charge in [0.15, 0.2) is 0 Å². The molecule has 2 aromatic carbocycles. The van der Waals surface area contributed by atoms with E-state index in [0.29, 0.717) is 12.2 Å². The van der Waals surface area contributed by atoms with Gasteiger partial charge < -0.3 is 4.74 Å². The molecule has 0 aliphatic heterocycles. The number of amides is 1. The Hall–Kier alpha value is -2.36. The van der Waals surface area contributed by atoms with Crippen LogP contribution in [0, 0.1) is 12.7 Å². The molecule has 0 bridgehead atoms. The first-order valence-electron chi connectivity index (χ1n) is 8.56. The van der Waals surface area contributed by atoms with Gasteiger partial charge >= 0.3 is 6.09 Å². The largest absolute Gasteiger partial charge is 0.443 e. The molecule has 0 saturated heterocycles. The Labute approximate surface area is 150 Å². The maximum Gasteiger partial charge on any atom is 0.415 e. The van der Waals surface area contributed by atoms with Gasteiger partial charge in [-0.1, -0.05) is 43.7 Å². The van der Waals surface area contributed by atoms with E-state index in [2.05, 4.69) is 0 Å². The van der Waals surface area contributed by atoms with Crippen molar-refractivity contribution in [2.75, 3.05) is 4.90 Å². The summed E-state index contributed by atoms with van der Waals surface area (Å²) in [5.41, 5.74) is 2.13. The first-order valence-corrected chi connectivity index (χ1v) is 8.56. The number of hydrogen-bond acceptors (Lipinski definition) is 2. The molecule has 4 heteroatoms. The van der Waals surface area contributed by atoms with Gasteiger partial charge in [0.05, 0.1) is 6.54 Å². The van der Waals surface area contributed by atoms with Crippen molar-refractivity contribution in [2.24, 2.45) is 0 Å². The predicted molar refractivity (Wildman–Crippen MR) is 101 cm³/mol. The first-order chi connectivity index (χ1) is 11.7. The number of aryl methyl sites for hydroxylation is 1. The number of rotatable bonds is 3. The summed E-state index contributed by atoms with van der Waals surface area (Å²) in [5.74, 6) is -0.340. The highest BCUT2D eigenvalue weighted by atomic mass is 19.1. The molecule has 0 aromatic heterocycles. The Morgan fingerprint density at radius 2 is 1.52 bits per heavy atom. The monoisotopic (exact) mass is 345 g/mol. The Balaban J connectivity index is 0.00000151. The molecule has 1 amide bonds. The van der Waals surface area contributed by atoms with Gasteiger partial charge in [-0.05, 0) is 57.5 Å². The molecule has 0 heterocycles. The van der Waals surface area contributed by atoms with Crippen LogP contribution < -0.4 is 4.90 Å². The zero-order valence-electron chi connectivity index (χ0n) is 16.0. The minimum atomic E-state index is -0.595. The first kappa shape index (κ1) is 20.7. The highest BCUT2D eigenvalue weighted by Crippen LogP contribution is 2.21. The van der Waals surface area contributed by atoms with Crippen LogP contribution >= 0.6 is 0 Å². The molecule has 2 rings (SSSR count). The molecule has 0 radical (unpaired) electrons. The van der Waals surface area contributed by atoms with Crippen LogP contribution in [0.1, 0.15) is 45.7 Å². The van der Waals surface area contributed by atoms with Crippen LogP contribution in [0.4, 0.5) is 14.9 Å². The summed E-state index contributed by atoms with van der Waals surface area (Å²) in [6.45, 7) is 11.8. The number of anilines is 1. The fraction of sp³-hybridized carbons (Fsp3) is 0.381. The van der Waals surface area contributed by atoms with Crippen LogP contribution in [-0.4, -0.2) is 11.7 Å². The van der Waals surface area contributed by atoms with Crippen LogP contribution in [0.2, 0.25) is 0 Å². The summed E-state index contributed by atoms with van der Waals surface area (Å²) in [6, 6.07) is 13.7. The van der Waals surface area contributed by atoms with Crippen LogP contribution in [0.3, 0.4) is 0 Å². The normalized spacial score (nSPS) is 10.5. The fourth-order valence-corrected chi connectivity index (χ4v) is 2.08. The summed E-state index contributed by atoms with van der Waals surface area (Å²) >= 11 is 0. The van der Waals surface area contributed by atoms with Gasteiger partial charge in [-0.3, -0.25) is 4.90 Å². The second-order valence-corrected chi connectivity index (χ2v) is 6.53. The van der Waals surface area contributed by atoms with E-state index < -0.39 is 11.7 Å². The van der Waals surface area contributed by atoms with E-state index >= 15 is 0 Å². The second-order valence-electron chi connectivity index (χ2n) is 6.53. The van der Waals surface area contributed by atoms with Gasteiger partial charge in [0.25, 0.3) is 0 Å². The average molecular weight is 345 g/mol. The highest BCUT2D eigenvalue weighted by Gasteiger charge is 2.23. The molecule has 0 aliphatic carbocycles. The quantitative estimate of drug-likeness (QED) is 0.672. The molecule has 0 fully saturated rings. The zero-order valence-corrected chi connectivity index (χ0v) is 16.0. The number of benzene rings is 2. The molecule has 0 saturated carbocycles. The third-order valence-corrected chi connectivity index (χ3v) is 3.21. The van der Waals surface area contributed by atoms with Crippen LogP contribution in [0.25, 0.3) is 0 Å². The van der Waals surface area contributed by atoms with Crippen molar-refractivity contribution in [1.82, 2.24) is 0 Å². The number of nitrogens with zero attached hydrogens (tertiary/aromatic N) is 1. The molecular weight excluding hydrogens is 317 g/mol. The third kappa shape index (κ3) is 6.96. The Morgan fingerprint density at radius 1 is 1.00 bits per heavy atom. The smallest absolute Gasteiger partial charge is 0.415 e. The van der Waals surface area contributed by atoms with Gasteiger partial charge in [-0.25, -0.2) is 9.18 Å². The molecule has 2 aromatic rings. The van der Waals surface area contributed by atoms with E-state index in [4.69, 9.17) is 4.74 Å². The number of carbonyl (C=O) groups excluding carboxylic acids is 1. The third-order valence-electron chi connectivity index (χ3n) is 3.21. The number of ether oxygens (including phenoxy) is 1. The molecule has 0 unspecified atom stereocenters. The van der Waals surface area contributed by atoms with Crippen LogP contribution in [-0.2, 0) is 11.3 Å². The van der Waals surface area contributed by atoms with Gasteiger partial charge in [-0.2, -0.15) is 0 Å². The summed E-state index contributed by atoms with van der Waals surface area (Å²) in [6.07, 6.45) is -0.454. The summed E-state index contributed by atoms with van der Waals surface area (Å²) in [5, 5.41) is 0. The highest BCUT2D eigenvalue weighted by molar-refractivity contribution is 5.87. The maximum atomic E-state index is 13.2. The van der Waals surface area contributed by atoms with E-state index in [9.17, 15) is 9.18 Å². The van der Waals surface area contributed by atoms with Crippen molar-refractivity contribution in [3.8, 4) is 0 Å². The van der Waals surface area contributed by atoms with Gasteiger partial charge in [0.2, 0.25) is 0 Å². The lowest BCUT2D eigenvalue weighted by Crippen LogP contribution is -2.36. The summed E-state index contributed by atoms with van der Waals surface area (Å²) < 4.78 is 18.6. The fourth-order valence-electron chi connectivity index (χ4n) is 2.08. The molecule has 136 valence electrons. The van der Waals surface area contributed by atoms with Crippen LogP contribution in [0.5, 0.6) is 0 Å². The van der Waals surface area contributed by atoms with E-state index in [1.807, 2.05) is 65.8 Å². The van der Waals surface area contributed by atoms with E-state index in [1.165, 1.54) is 17.0 Å². The van der Waals surface area contributed by atoms with E-state index in [-0.39, 0.29) is 5.82 Å². The topological polar surface area (TPSA) is 29.5 Å². The minimum absolute atomic E-state index is 0.340. The molecule has 0 aliphatic rings. The molecule has 0 atom stereocenters. The molecule has 0 N–H and O–H groups in total. The Kier molecular flexibility index (Phi) is 7.62. The standard InChI is InChI=1S/C19H22FNO2.C2H6/c1-14-5-7-15(8-6-14)13-21(18(22)23-19(2,3)4)17-11-9-16(20)10-12-17;1-2/h5-12H,13H2,1-4H3;1-2H3. The lowest BCUT2D eigenvalue weighted by atomic mass is 10.1. The molecular formula is C21H28FNO2. The van der Waals surface area contributed by atoms with Crippen molar-refractivity contribution in [2.45, 2.75) is 53.7 Å². The Bertz CT molecular complexity index is 658. The number of halogens is 1.